The minimum Gasteiger partial charge on any atom is -0.466 e. The van der Waals surface area contributed by atoms with Gasteiger partial charge in [-0.25, -0.2) is 0 Å². The molecule has 0 aromatic rings. The van der Waals surface area contributed by atoms with E-state index in [1.54, 1.807) is 0 Å². The van der Waals surface area contributed by atoms with Crippen molar-refractivity contribution >= 4 is 17.9 Å². The number of carbonyl (C=O) groups excluding carboxylic acids is 3. The molecule has 0 spiro atoms. The van der Waals surface area contributed by atoms with E-state index in [0.717, 1.165) is 64.2 Å². The topological polar surface area (TPSA) is 69.7 Å². The summed E-state index contributed by atoms with van der Waals surface area (Å²) in [4.78, 5) is 35.2. The van der Waals surface area contributed by atoms with Gasteiger partial charge in [-0.2, -0.15) is 0 Å². The van der Waals surface area contributed by atoms with E-state index in [9.17, 15) is 14.4 Å². The van der Waals surface area contributed by atoms with Gasteiger partial charge in [-0.1, -0.05) is 110 Å². The first-order valence-electron chi connectivity index (χ1n) is 14.0. The van der Waals surface area contributed by atoms with Crippen LogP contribution in [0.3, 0.4) is 0 Å². The van der Waals surface area contributed by atoms with Crippen LogP contribution in [0.25, 0.3) is 0 Å². The minimum atomic E-state index is -0.401. The molecule has 0 heterocycles. The molecule has 0 fully saturated rings. The number of carbonyl (C=O) groups is 3. The molecule has 5 heteroatoms. The summed E-state index contributed by atoms with van der Waals surface area (Å²) in [6.07, 6.45) is 22.1. The maximum Gasteiger partial charge on any atom is 0.313 e. The van der Waals surface area contributed by atoms with Crippen LogP contribution in [0.4, 0.5) is 0 Å². The lowest BCUT2D eigenvalue weighted by atomic mass is 10.1. The highest BCUT2D eigenvalue weighted by molar-refractivity contribution is 5.85. The third kappa shape index (κ3) is 25.1. The quantitative estimate of drug-likeness (QED) is 0.0810. The summed E-state index contributed by atoms with van der Waals surface area (Å²) in [6, 6.07) is 0. The molecule has 0 amide bonds. The molecule has 33 heavy (non-hydrogen) atoms. The van der Waals surface area contributed by atoms with Gasteiger partial charge in [0.1, 0.15) is 0 Å². The van der Waals surface area contributed by atoms with Gasteiger partial charge in [0.25, 0.3) is 0 Å². The Morgan fingerprint density at radius 3 is 1.18 bits per heavy atom. The van der Waals surface area contributed by atoms with Crippen LogP contribution in [-0.2, 0) is 23.9 Å². The Labute approximate surface area is 203 Å². The molecule has 0 rings (SSSR count). The normalized spacial score (nSPS) is 10.8. The number of rotatable bonds is 24. The number of hydrogen-bond acceptors (Lipinski definition) is 5. The number of unbranched alkanes of at least 4 members (excludes halogenated alkanes) is 16. The SMILES string of the molecule is CCCCCCCCCC(=O)OCCCCCCCC(=O)OC(=O)CCCCCCCCC. The molecule has 0 aromatic heterocycles. The van der Waals surface area contributed by atoms with Crippen LogP contribution in [0, 0.1) is 0 Å². The summed E-state index contributed by atoms with van der Waals surface area (Å²) < 4.78 is 10.2. The third-order valence-electron chi connectivity index (χ3n) is 5.98. The van der Waals surface area contributed by atoms with Crippen molar-refractivity contribution in [3.05, 3.63) is 0 Å². The van der Waals surface area contributed by atoms with Crippen molar-refractivity contribution in [2.45, 2.75) is 155 Å². The first kappa shape index (κ1) is 31.6. The zero-order valence-corrected chi connectivity index (χ0v) is 21.8. The number of ether oxygens (including phenoxy) is 2. The van der Waals surface area contributed by atoms with Gasteiger partial charge in [-0.3, -0.25) is 14.4 Å². The molecule has 0 aliphatic heterocycles. The first-order valence-corrected chi connectivity index (χ1v) is 14.0. The fraction of sp³-hybridized carbons (Fsp3) is 0.893. The summed E-state index contributed by atoms with van der Waals surface area (Å²) in [7, 11) is 0. The zero-order valence-electron chi connectivity index (χ0n) is 21.8. The second kappa shape index (κ2) is 25.2. The van der Waals surface area contributed by atoms with E-state index in [0.29, 0.717) is 25.9 Å². The molecule has 0 N–H and O–H groups in total. The molecular formula is C28H52O5. The van der Waals surface area contributed by atoms with E-state index in [4.69, 9.17) is 9.47 Å². The summed E-state index contributed by atoms with van der Waals surface area (Å²) in [6.45, 7) is 4.91. The van der Waals surface area contributed by atoms with Gasteiger partial charge in [0, 0.05) is 19.3 Å². The Balaban J connectivity index is 3.39. The summed E-state index contributed by atoms with van der Waals surface area (Å²) >= 11 is 0. The lowest BCUT2D eigenvalue weighted by Crippen LogP contribution is -2.11. The molecule has 0 bridgehead atoms. The van der Waals surface area contributed by atoms with Gasteiger partial charge in [0.15, 0.2) is 0 Å². The predicted molar refractivity (Wildman–Crippen MR) is 135 cm³/mol. The highest BCUT2D eigenvalue weighted by Gasteiger charge is 2.10. The molecule has 0 aromatic carbocycles. The Kier molecular flexibility index (Phi) is 24.2. The molecular weight excluding hydrogens is 416 g/mol. The van der Waals surface area contributed by atoms with Crippen molar-refractivity contribution in [1.82, 2.24) is 0 Å². The largest absolute Gasteiger partial charge is 0.466 e. The van der Waals surface area contributed by atoms with Crippen LogP contribution < -0.4 is 0 Å². The van der Waals surface area contributed by atoms with Crippen LogP contribution in [-0.4, -0.2) is 24.5 Å². The molecule has 5 nitrogen and oxygen atoms in total. The van der Waals surface area contributed by atoms with Gasteiger partial charge < -0.3 is 9.47 Å². The molecule has 0 aliphatic carbocycles. The molecule has 0 saturated heterocycles. The van der Waals surface area contributed by atoms with E-state index in [-0.39, 0.29) is 11.9 Å². The summed E-state index contributed by atoms with van der Waals surface area (Å²) in [5, 5.41) is 0. The standard InChI is InChI=1S/C28H52O5/c1-3-5-7-9-11-14-18-22-26(29)32-25-21-17-13-16-20-24-28(31)33-27(30)23-19-15-12-10-8-6-4-2/h3-25H2,1-2H3. The zero-order chi connectivity index (χ0) is 24.4. The highest BCUT2D eigenvalue weighted by atomic mass is 16.6. The van der Waals surface area contributed by atoms with E-state index in [2.05, 4.69) is 13.8 Å². The van der Waals surface area contributed by atoms with Crippen molar-refractivity contribution < 1.29 is 23.9 Å². The van der Waals surface area contributed by atoms with Gasteiger partial charge in [0.2, 0.25) is 0 Å². The van der Waals surface area contributed by atoms with Crippen LogP contribution in [0.15, 0.2) is 0 Å². The lowest BCUT2D eigenvalue weighted by Gasteiger charge is -2.06. The Morgan fingerprint density at radius 2 is 0.758 bits per heavy atom. The second-order valence-corrected chi connectivity index (χ2v) is 9.33. The number of hydrogen-bond donors (Lipinski definition) is 0. The smallest absolute Gasteiger partial charge is 0.313 e. The van der Waals surface area contributed by atoms with Crippen molar-refractivity contribution in [3.8, 4) is 0 Å². The molecule has 194 valence electrons. The molecule has 0 radical (unpaired) electrons. The average molecular weight is 469 g/mol. The Bertz CT molecular complexity index is 475. The van der Waals surface area contributed by atoms with Crippen LogP contribution in [0.5, 0.6) is 0 Å². The van der Waals surface area contributed by atoms with Crippen LogP contribution in [0.1, 0.15) is 155 Å². The maximum absolute atomic E-state index is 11.7. The van der Waals surface area contributed by atoms with Gasteiger partial charge in [-0.05, 0) is 25.7 Å². The van der Waals surface area contributed by atoms with E-state index < -0.39 is 5.97 Å². The van der Waals surface area contributed by atoms with Gasteiger partial charge in [-0.15, -0.1) is 0 Å². The van der Waals surface area contributed by atoms with E-state index in [1.807, 2.05) is 0 Å². The van der Waals surface area contributed by atoms with Gasteiger partial charge >= 0.3 is 17.9 Å². The summed E-state index contributed by atoms with van der Waals surface area (Å²) in [5.74, 6) is -0.860. The van der Waals surface area contributed by atoms with E-state index in [1.165, 1.54) is 57.8 Å². The molecule has 0 unspecified atom stereocenters. The Morgan fingerprint density at radius 1 is 0.424 bits per heavy atom. The van der Waals surface area contributed by atoms with Crippen molar-refractivity contribution in [2.75, 3.05) is 6.61 Å². The van der Waals surface area contributed by atoms with Gasteiger partial charge in [0.05, 0.1) is 6.61 Å². The fourth-order valence-electron chi connectivity index (χ4n) is 3.84. The second-order valence-electron chi connectivity index (χ2n) is 9.33. The Hall–Kier alpha value is -1.39. The average Bonchev–Trinajstić information content (AvgIpc) is 2.79. The lowest BCUT2D eigenvalue weighted by molar-refractivity contribution is -0.159. The van der Waals surface area contributed by atoms with Crippen LogP contribution >= 0.6 is 0 Å². The first-order chi connectivity index (χ1) is 16.1. The minimum absolute atomic E-state index is 0.0764. The van der Waals surface area contributed by atoms with Crippen molar-refractivity contribution in [2.24, 2.45) is 0 Å². The van der Waals surface area contributed by atoms with Crippen LogP contribution in [0.2, 0.25) is 0 Å². The molecule has 0 saturated carbocycles. The van der Waals surface area contributed by atoms with Crippen molar-refractivity contribution in [1.29, 1.82) is 0 Å². The monoisotopic (exact) mass is 468 g/mol. The highest BCUT2D eigenvalue weighted by Crippen LogP contribution is 2.11. The maximum atomic E-state index is 11.7. The molecule has 0 aliphatic rings. The fourth-order valence-corrected chi connectivity index (χ4v) is 3.84. The van der Waals surface area contributed by atoms with Crippen molar-refractivity contribution in [3.63, 3.8) is 0 Å². The van der Waals surface area contributed by atoms with E-state index >= 15 is 0 Å². The third-order valence-corrected chi connectivity index (χ3v) is 5.98. The molecule has 0 atom stereocenters. The number of esters is 3. The summed E-state index contributed by atoms with van der Waals surface area (Å²) in [5.41, 5.74) is 0. The predicted octanol–water partition coefficient (Wildman–Crippen LogP) is 8.22.